The number of hydrogen-bond acceptors (Lipinski definition) is 2. The minimum atomic E-state index is 0.131. The molecular formula is C14H11Br3N2. The van der Waals surface area contributed by atoms with Gasteiger partial charge in [0.25, 0.3) is 0 Å². The lowest BCUT2D eigenvalue weighted by Crippen LogP contribution is -1.78. The topological polar surface area (TPSA) is 24.7 Å². The minimum Gasteiger partial charge on any atom is -0.151 e. The maximum absolute atomic E-state index is 4.26. The monoisotopic (exact) mass is 444 g/mol. The van der Waals surface area contributed by atoms with Crippen LogP contribution in [-0.4, -0.2) is 0 Å². The third-order valence-electron chi connectivity index (χ3n) is 2.47. The Kier molecular flexibility index (Phi) is 5.73. The van der Waals surface area contributed by atoms with Crippen molar-refractivity contribution in [3.05, 3.63) is 59.7 Å². The SMILES string of the molecule is BrCc1cccc(N=Nc2cccc(C(Br)Br)c2)c1. The number of halogens is 3. The number of rotatable bonds is 4. The van der Waals surface area contributed by atoms with Crippen LogP contribution in [0.3, 0.4) is 0 Å². The molecule has 2 nitrogen and oxygen atoms in total. The number of benzene rings is 2. The Hall–Kier alpha value is -0.520. The number of alkyl halides is 3. The molecule has 0 aliphatic rings. The van der Waals surface area contributed by atoms with Crippen LogP contribution < -0.4 is 0 Å². The molecule has 0 fully saturated rings. The van der Waals surface area contributed by atoms with Crippen molar-refractivity contribution >= 4 is 59.2 Å². The van der Waals surface area contributed by atoms with Crippen LogP contribution in [0, 0.1) is 0 Å². The second-order valence-electron chi connectivity index (χ2n) is 3.90. The van der Waals surface area contributed by atoms with Crippen molar-refractivity contribution < 1.29 is 0 Å². The molecule has 19 heavy (non-hydrogen) atoms. The summed E-state index contributed by atoms with van der Waals surface area (Å²) in [5.74, 6) is 0. The fraction of sp³-hybridized carbons (Fsp3) is 0.143. The molecule has 2 aromatic carbocycles. The van der Waals surface area contributed by atoms with Gasteiger partial charge >= 0.3 is 0 Å². The predicted molar refractivity (Wildman–Crippen MR) is 90.3 cm³/mol. The van der Waals surface area contributed by atoms with E-state index in [1.54, 1.807) is 0 Å². The lowest BCUT2D eigenvalue weighted by molar-refractivity contribution is 1.21. The summed E-state index contributed by atoms with van der Waals surface area (Å²) in [6, 6.07) is 15.9. The summed E-state index contributed by atoms with van der Waals surface area (Å²) in [5.41, 5.74) is 4.00. The number of hydrogen-bond donors (Lipinski definition) is 0. The van der Waals surface area contributed by atoms with Gasteiger partial charge in [0.1, 0.15) is 0 Å². The quantitative estimate of drug-likeness (QED) is 0.365. The fourth-order valence-electron chi connectivity index (χ4n) is 1.54. The van der Waals surface area contributed by atoms with Gasteiger partial charge in [0.15, 0.2) is 0 Å². The average molecular weight is 447 g/mol. The van der Waals surface area contributed by atoms with E-state index in [9.17, 15) is 0 Å². The molecule has 2 aromatic rings. The van der Waals surface area contributed by atoms with Crippen LogP contribution in [0.4, 0.5) is 11.4 Å². The molecule has 0 bridgehead atoms. The Balaban J connectivity index is 2.19. The fourth-order valence-corrected chi connectivity index (χ4v) is 2.46. The molecule has 0 atom stereocenters. The highest BCUT2D eigenvalue weighted by atomic mass is 79.9. The minimum absolute atomic E-state index is 0.131. The first-order chi connectivity index (χ1) is 9.19. The molecule has 0 unspecified atom stereocenters. The molecule has 0 saturated carbocycles. The van der Waals surface area contributed by atoms with E-state index in [0.29, 0.717) is 0 Å². The summed E-state index contributed by atoms with van der Waals surface area (Å²) < 4.78 is 0.131. The van der Waals surface area contributed by atoms with Crippen LogP contribution in [0.2, 0.25) is 0 Å². The Labute approximate surface area is 137 Å². The summed E-state index contributed by atoms with van der Waals surface area (Å²) in [6.45, 7) is 0. The van der Waals surface area contributed by atoms with Crippen LogP contribution >= 0.6 is 47.8 Å². The second kappa shape index (κ2) is 7.31. The van der Waals surface area contributed by atoms with Crippen molar-refractivity contribution in [2.75, 3.05) is 0 Å². The first-order valence-corrected chi connectivity index (χ1v) is 8.59. The van der Waals surface area contributed by atoms with Gasteiger partial charge in [-0.3, -0.25) is 0 Å². The maximum atomic E-state index is 4.26. The zero-order chi connectivity index (χ0) is 13.7. The molecule has 0 N–H and O–H groups in total. The van der Waals surface area contributed by atoms with E-state index in [1.807, 2.05) is 42.5 Å². The Morgan fingerprint density at radius 3 is 2.16 bits per heavy atom. The van der Waals surface area contributed by atoms with Gasteiger partial charge in [-0.05, 0) is 35.4 Å². The normalized spacial score (nSPS) is 11.4. The highest BCUT2D eigenvalue weighted by Gasteiger charge is 2.02. The Morgan fingerprint density at radius 1 is 0.895 bits per heavy atom. The van der Waals surface area contributed by atoms with Crippen molar-refractivity contribution in [3.63, 3.8) is 0 Å². The van der Waals surface area contributed by atoms with E-state index in [-0.39, 0.29) is 3.74 Å². The largest absolute Gasteiger partial charge is 0.151 e. The zero-order valence-corrected chi connectivity index (χ0v) is 14.7. The van der Waals surface area contributed by atoms with Gasteiger partial charge in [-0.15, -0.1) is 0 Å². The third-order valence-corrected chi connectivity index (χ3v) is 4.17. The van der Waals surface area contributed by atoms with Crippen molar-refractivity contribution in [1.82, 2.24) is 0 Å². The van der Waals surface area contributed by atoms with E-state index >= 15 is 0 Å². The van der Waals surface area contributed by atoms with Crippen LogP contribution in [-0.2, 0) is 5.33 Å². The smallest absolute Gasteiger partial charge is 0.0947 e. The average Bonchev–Trinajstić information content (AvgIpc) is 2.45. The van der Waals surface area contributed by atoms with E-state index < -0.39 is 0 Å². The molecule has 0 aliphatic carbocycles. The van der Waals surface area contributed by atoms with Crippen LogP contribution in [0.5, 0.6) is 0 Å². The van der Waals surface area contributed by atoms with Crippen LogP contribution in [0.1, 0.15) is 14.9 Å². The lowest BCUT2D eigenvalue weighted by atomic mass is 10.2. The first-order valence-electron chi connectivity index (χ1n) is 5.64. The standard InChI is InChI=1S/C14H11Br3N2/c15-9-10-3-1-5-12(7-10)18-19-13-6-2-4-11(8-13)14(16)17/h1-8,14H,9H2. The summed E-state index contributed by atoms with van der Waals surface area (Å²) >= 11 is 10.4. The van der Waals surface area contributed by atoms with E-state index in [2.05, 4.69) is 64.1 Å². The Morgan fingerprint density at radius 2 is 1.53 bits per heavy atom. The summed E-state index contributed by atoms with van der Waals surface area (Å²) in [6.07, 6.45) is 0. The summed E-state index contributed by atoms with van der Waals surface area (Å²) in [4.78, 5) is 0. The molecule has 0 spiro atoms. The molecule has 0 aliphatic heterocycles. The van der Waals surface area contributed by atoms with E-state index in [4.69, 9.17) is 0 Å². The molecule has 0 heterocycles. The molecule has 0 aromatic heterocycles. The van der Waals surface area contributed by atoms with Gasteiger partial charge in [-0.2, -0.15) is 10.2 Å². The maximum Gasteiger partial charge on any atom is 0.0947 e. The predicted octanol–water partition coefficient (Wildman–Crippen LogP) is 6.79. The van der Waals surface area contributed by atoms with Crippen molar-refractivity contribution in [2.45, 2.75) is 9.07 Å². The highest BCUT2D eigenvalue weighted by Crippen LogP contribution is 2.31. The van der Waals surface area contributed by atoms with E-state index in [0.717, 1.165) is 22.3 Å². The van der Waals surface area contributed by atoms with Crippen molar-refractivity contribution in [3.8, 4) is 0 Å². The molecule has 0 radical (unpaired) electrons. The van der Waals surface area contributed by atoms with Crippen LogP contribution in [0.15, 0.2) is 58.8 Å². The van der Waals surface area contributed by atoms with Crippen molar-refractivity contribution in [2.24, 2.45) is 10.2 Å². The molecule has 98 valence electrons. The molecule has 5 heteroatoms. The lowest BCUT2D eigenvalue weighted by Gasteiger charge is -2.02. The summed E-state index contributed by atoms with van der Waals surface area (Å²) in [7, 11) is 0. The Bertz CT molecular complexity index is 582. The third kappa shape index (κ3) is 4.51. The molecular weight excluding hydrogens is 436 g/mol. The van der Waals surface area contributed by atoms with Gasteiger partial charge in [0.05, 0.1) is 15.1 Å². The van der Waals surface area contributed by atoms with Crippen molar-refractivity contribution in [1.29, 1.82) is 0 Å². The van der Waals surface area contributed by atoms with Gasteiger partial charge in [0.2, 0.25) is 0 Å². The number of nitrogens with zero attached hydrogens (tertiary/aromatic N) is 2. The van der Waals surface area contributed by atoms with Gasteiger partial charge in [-0.1, -0.05) is 72.1 Å². The number of azo groups is 1. The molecule has 0 saturated heterocycles. The highest BCUT2D eigenvalue weighted by molar-refractivity contribution is 9.24. The van der Waals surface area contributed by atoms with Gasteiger partial charge in [-0.25, -0.2) is 0 Å². The summed E-state index contributed by atoms with van der Waals surface area (Å²) in [5, 5.41) is 9.34. The van der Waals surface area contributed by atoms with Crippen LogP contribution in [0.25, 0.3) is 0 Å². The molecule has 0 amide bonds. The van der Waals surface area contributed by atoms with Gasteiger partial charge < -0.3 is 0 Å². The first kappa shape index (κ1) is 14.9. The second-order valence-corrected chi connectivity index (χ2v) is 7.52. The zero-order valence-electron chi connectivity index (χ0n) is 9.93. The molecule has 2 rings (SSSR count). The van der Waals surface area contributed by atoms with Gasteiger partial charge in [0, 0.05) is 5.33 Å². The van der Waals surface area contributed by atoms with E-state index in [1.165, 1.54) is 5.56 Å².